The number of hydrogen-bond donors (Lipinski definition) is 2. The Hall–Kier alpha value is -1.69. The summed E-state index contributed by atoms with van der Waals surface area (Å²) < 4.78 is 29.0. The summed E-state index contributed by atoms with van der Waals surface area (Å²) >= 11 is 0. The topological polar surface area (TPSA) is 58.6 Å². The number of alkyl halides is 2. The lowest BCUT2D eigenvalue weighted by Gasteiger charge is -2.10. The molecule has 1 unspecified atom stereocenters. The van der Waals surface area contributed by atoms with Crippen LogP contribution in [0.1, 0.15) is 12.0 Å². The van der Waals surface area contributed by atoms with Crippen molar-refractivity contribution < 1.29 is 23.4 Å². The van der Waals surface area contributed by atoms with Crippen molar-refractivity contribution >= 4 is 5.91 Å². The van der Waals surface area contributed by atoms with E-state index in [0.29, 0.717) is 6.42 Å². The van der Waals surface area contributed by atoms with E-state index < -0.39 is 19.1 Å². The number of halogens is 2. The number of hydrogen-bond acceptors (Lipinski definition) is 3. The van der Waals surface area contributed by atoms with Gasteiger partial charge in [0, 0.05) is 13.0 Å². The lowest BCUT2D eigenvalue weighted by molar-refractivity contribution is -0.122. The minimum atomic E-state index is -2.85. The number of aliphatic hydroxyl groups is 1. The molecule has 0 saturated carbocycles. The number of benzene rings is 1. The number of carbonyl (C=O) groups is 1. The number of carbonyl (C=O) groups excluding carboxylic acids is 1. The van der Waals surface area contributed by atoms with E-state index in [9.17, 15) is 13.6 Å². The molecule has 1 aromatic carbocycles. The van der Waals surface area contributed by atoms with Gasteiger partial charge in [-0.25, -0.2) is 8.78 Å². The van der Waals surface area contributed by atoms with E-state index in [1.165, 1.54) is 0 Å². The average molecular weight is 273 g/mol. The molecule has 1 aromatic rings. The van der Waals surface area contributed by atoms with Gasteiger partial charge in [-0.2, -0.15) is 0 Å². The standard InChI is InChI=1S/C13H17F2NO3/c1-19-10-5-2-9(3-6-10)4-7-12(18)16-8-11(17)13(14)15/h2-3,5-6,11,13,17H,4,7-8H2,1H3,(H,16,18). The fourth-order valence-electron chi connectivity index (χ4n) is 1.45. The van der Waals surface area contributed by atoms with E-state index in [2.05, 4.69) is 5.32 Å². The Bertz CT molecular complexity index is 395. The normalized spacial score (nSPS) is 12.3. The third-order valence-corrected chi connectivity index (χ3v) is 2.60. The van der Waals surface area contributed by atoms with Gasteiger partial charge in [-0.1, -0.05) is 12.1 Å². The first-order chi connectivity index (χ1) is 9.02. The highest BCUT2D eigenvalue weighted by Crippen LogP contribution is 2.12. The van der Waals surface area contributed by atoms with Crippen LogP contribution in [0.2, 0.25) is 0 Å². The van der Waals surface area contributed by atoms with Crippen LogP contribution in [0, 0.1) is 0 Å². The third kappa shape index (κ3) is 5.65. The van der Waals surface area contributed by atoms with Gasteiger partial charge in [-0.05, 0) is 24.1 Å². The van der Waals surface area contributed by atoms with Crippen LogP contribution in [-0.4, -0.2) is 37.2 Å². The maximum atomic E-state index is 12.0. The van der Waals surface area contributed by atoms with Gasteiger partial charge in [0.15, 0.2) is 0 Å². The van der Waals surface area contributed by atoms with Crippen LogP contribution in [-0.2, 0) is 11.2 Å². The lowest BCUT2D eigenvalue weighted by Crippen LogP contribution is -2.35. The van der Waals surface area contributed by atoms with Crippen LogP contribution in [0.3, 0.4) is 0 Å². The smallest absolute Gasteiger partial charge is 0.265 e. The van der Waals surface area contributed by atoms with Gasteiger partial charge in [0.25, 0.3) is 6.43 Å². The van der Waals surface area contributed by atoms with Gasteiger partial charge < -0.3 is 15.2 Å². The molecule has 0 radical (unpaired) electrons. The predicted molar refractivity (Wildman–Crippen MR) is 66.3 cm³/mol. The third-order valence-electron chi connectivity index (χ3n) is 2.60. The monoisotopic (exact) mass is 273 g/mol. The SMILES string of the molecule is COc1ccc(CCC(=O)NCC(O)C(F)F)cc1. The minimum Gasteiger partial charge on any atom is -0.497 e. The second-order valence-corrected chi connectivity index (χ2v) is 4.05. The summed E-state index contributed by atoms with van der Waals surface area (Å²) in [6.45, 7) is -0.431. The lowest BCUT2D eigenvalue weighted by atomic mass is 10.1. The number of rotatable bonds is 7. The van der Waals surface area contributed by atoms with Gasteiger partial charge in [-0.3, -0.25) is 4.79 Å². The largest absolute Gasteiger partial charge is 0.497 e. The summed E-state index contributed by atoms with van der Waals surface area (Å²) in [5.74, 6) is 0.365. The molecule has 4 nitrogen and oxygen atoms in total. The molecule has 106 valence electrons. The summed E-state index contributed by atoms with van der Waals surface area (Å²) in [7, 11) is 1.57. The van der Waals surface area contributed by atoms with E-state index in [-0.39, 0.29) is 12.3 Å². The van der Waals surface area contributed by atoms with Crippen molar-refractivity contribution in [2.24, 2.45) is 0 Å². The minimum absolute atomic E-state index is 0.183. The number of nitrogens with one attached hydrogen (secondary N) is 1. The van der Waals surface area contributed by atoms with E-state index in [0.717, 1.165) is 11.3 Å². The first kappa shape index (κ1) is 15.4. The van der Waals surface area contributed by atoms with Crippen molar-refractivity contribution in [3.8, 4) is 5.75 Å². The Balaban J connectivity index is 2.29. The fraction of sp³-hybridized carbons (Fsp3) is 0.462. The predicted octanol–water partition coefficient (Wildman–Crippen LogP) is 1.37. The molecule has 0 aliphatic rings. The number of amides is 1. The van der Waals surface area contributed by atoms with Crippen LogP contribution in [0.4, 0.5) is 8.78 Å². The summed E-state index contributed by atoms with van der Waals surface area (Å²) in [4.78, 5) is 11.4. The van der Waals surface area contributed by atoms with Crippen LogP contribution in [0.25, 0.3) is 0 Å². The molecule has 6 heteroatoms. The summed E-state index contributed by atoms with van der Waals surface area (Å²) in [6.07, 6.45) is -3.98. The molecule has 0 spiro atoms. The zero-order valence-electron chi connectivity index (χ0n) is 10.6. The van der Waals surface area contributed by atoms with Crippen molar-refractivity contribution in [2.75, 3.05) is 13.7 Å². The van der Waals surface area contributed by atoms with Gasteiger partial charge in [0.05, 0.1) is 7.11 Å². The second-order valence-electron chi connectivity index (χ2n) is 4.05. The highest BCUT2D eigenvalue weighted by molar-refractivity contribution is 5.76. The zero-order chi connectivity index (χ0) is 14.3. The summed E-state index contributed by atoms with van der Waals surface area (Å²) in [5, 5.41) is 11.1. The van der Waals surface area contributed by atoms with Gasteiger partial charge in [-0.15, -0.1) is 0 Å². The summed E-state index contributed by atoms with van der Waals surface area (Å²) in [5.41, 5.74) is 0.949. The molecule has 2 N–H and O–H groups in total. The first-order valence-electron chi connectivity index (χ1n) is 5.88. The Labute approximate surface area is 110 Å². The van der Waals surface area contributed by atoms with Gasteiger partial charge in [0.2, 0.25) is 5.91 Å². The van der Waals surface area contributed by atoms with Crippen LogP contribution >= 0.6 is 0 Å². The molecule has 1 amide bonds. The van der Waals surface area contributed by atoms with E-state index in [1.807, 2.05) is 12.1 Å². The maximum Gasteiger partial charge on any atom is 0.265 e. The maximum absolute atomic E-state index is 12.0. The molecule has 0 aliphatic heterocycles. The number of aryl methyl sites for hydroxylation is 1. The molecule has 19 heavy (non-hydrogen) atoms. The first-order valence-corrected chi connectivity index (χ1v) is 5.88. The van der Waals surface area contributed by atoms with Gasteiger partial charge >= 0.3 is 0 Å². The van der Waals surface area contributed by atoms with E-state index >= 15 is 0 Å². The quantitative estimate of drug-likeness (QED) is 0.789. The molecule has 0 saturated heterocycles. The molecule has 0 fully saturated rings. The van der Waals surface area contributed by atoms with Crippen molar-refractivity contribution in [3.05, 3.63) is 29.8 Å². The molecule has 0 aliphatic carbocycles. The molecule has 0 aromatic heterocycles. The van der Waals surface area contributed by atoms with Gasteiger partial charge in [0.1, 0.15) is 11.9 Å². The van der Waals surface area contributed by atoms with Crippen molar-refractivity contribution in [2.45, 2.75) is 25.4 Å². The van der Waals surface area contributed by atoms with Crippen molar-refractivity contribution in [1.82, 2.24) is 5.32 Å². The number of ether oxygens (including phenoxy) is 1. The fourth-order valence-corrected chi connectivity index (χ4v) is 1.45. The average Bonchev–Trinajstić information content (AvgIpc) is 2.42. The Kier molecular flexibility index (Phi) is 6.21. The highest BCUT2D eigenvalue weighted by atomic mass is 19.3. The molecular weight excluding hydrogens is 256 g/mol. The van der Waals surface area contributed by atoms with Crippen LogP contribution in [0.5, 0.6) is 5.75 Å². The van der Waals surface area contributed by atoms with Crippen LogP contribution in [0.15, 0.2) is 24.3 Å². The van der Waals surface area contributed by atoms with E-state index in [4.69, 9.17) is 9.84 Å². The Morgan fingerprint density at radius 1 is 1.37 bits per heavy atom. The molecular formula is C13H17F2NO3. The zero-order valence-corrected chi connectivity index (χ0v) is 10.6. The molecule has 1 atom stereocenters. The molecule has 0 heterocycles. The second kappa shape index (κ2) is 7.68. The van der Waals surface area contributed by atoms with Crippen molar-refractivity contribution in [3.63, 3.8) is 0 Å². The Morgan fingerprint density at radius 2 is 2.00 bits per heavy atom. The number of aliphatic hydroxyl groups excluding tert-OH is 1. The molecule has 1 rings (SSSR count). The van der Waals surface area contributed by atoms with Crippen molar-refractivity contribution in [1.29, 1.82) is 0 Å². The highest BCUT2D eigenvalue weighted by Gasteiger charge is 2.17. The number of methoxy groups -OCH3 is 1. The Morgan fingerprint density at radius 3 is 2.53 bits per heavy atom. The molecule has 0 bridgehead atoms. The van der Waals surface area contributed by atoms with E-state index in [1.54, 1.807) is 19.2 Å². The van der Waals surface area contributed by atoms with Crippen LogP contribution < -0.4 is 10.1 Å². The summed E-state index contributed by atoms with van der Waals surface area (Å²) in [6, 6.07) is 7.24.